The van der Waals surface area contributed by atoms with E-state index in [1.807, 2.05) is 6.07 Å². The molecule has 1 aromatic heterocycles. The van der Waals surface area contributed by atoms with Crippen molar-refractivity contribution in [1.29, 1.82) is 0 Å². The SMILES string of the molecule is [NH3+]Cc1cccc([N-]S(=O)(=O)c2cccnc2)c1. The lowest BCUT2D eigenvalue weighted by atomic mass is 10.2. The van der Waals surface area contributed by atoms with Gasteiger partial charge in [-0.1, -0.05) is 24.3 Å². The summed E-state index contributed by atoms with van der Waals surface area (Å²) in [6.07, 6.45) is 2.80. The van der Waals surface area contributed by atoms with Crippen LogP contribution in [0.15, 0.2) is 53.7 Å². The maximum absolute atomic E-state index is 12.0. The van der Waals surface area contributed by atoms with Crippen LogP contribution in [-0.4, -0.2) is 13.4 Å². The van der Waals surface area contributed by atoms with E-state index >= 15 is 0 Å². The number of rotatable bonds is 4. The second-order valence-electron chi connectivity index (χ2n) is 3.67. The molecule has 6 heteroatoms. The van der Waals surface area contributed by atoms with E-state index in [0.717, 1.165) is 5.56 Å². The average molecular weight is 263 g/mol. The molecule has 0 aliphatic rings. The lowest BCUT2D eigenvalue weighted by Gasteiger charge is -2.21. The summed E-state index contributed by atoms with van der Waals surface area (Å²) in [7, 11) is -3.70. The fraction of sp³-hybridized carbons (Fsp3) is 0.0833. The summed E-state index contributed by atoms with van der Waals surface area (Å²) in [5.74, 6) is 0. The number of aromatic nitrogens is 1. The van der Waals surface area contributed by atoms with Gasteiger partial charge in [-0.3, -0.25) is 4.98 Å². The van der Waals surface area contributed by atoms with Gasteiger partial charge in [0.05, 0.1) is 11.4 Å². The Labute approximate surface area is 106 Å². The number of hydrogen-bond donors (Lipinski definition) is 1. The van der Waals surface area contributed by atoms with Gasteiger partial charge in [0.2, 0.25) is 0 Å². The van der Waals surface area contributed by atoms with E-state index in [2.05, 4.69) is 15.4 Å². The van der Waals surface area contributed by atoms with Crippen LogP contribution in [0.3, 0.4) is 0 Å². The number of benzene rings is 1. The van der Waals surface area contributed by atoms with Crippen molar-refractivity contribution in [3.63, 3.8) is 0 Å². The first-order valence-electron chi connectivity index (χ1n) is 5.38. The van der Waals surface area contributed by atoms with Crippen LogP contribution < -0.4 is 5.73 Å². The van der Waals surface area contributed by atoms with E-state index < -0.39 is 10.0 Å². The molecule has 1 heterocycles. The molecule has 0 radical (unpaired) electrons. The van der Waals surface area contributed by atoms with Crippen LogP contribution in [0, 0.1) is 0 Å². The summed E-state index contributed by atoms with van der Waals surface area (Å²) >= 11 is 0. The molecular weight excluding hydrogens is 250 g/mol. The van der Waals surface area contributed by atoms with Gasteiger partial charge in [0.25, 0.3) is 0 Å². The van der Waals surface area contributed by atoms with Crippen molar-refractivity contribution in [3.05, 3.63) is 59.1 Å². The molecule has 0 saturated carbocycles. The molecule has 0 aliphatic carbocycles. The summed E-state index contributed by atoms with van der Waals surface area (Å²) in [6, 6.07) is 10.0. The third-order valence-electron chi connectivity index (χ3n) is 2.36. The average Bonchev–Trinajstić information content (AvgIpc) is 2.39. The molecule has 18 heavy (non-hydrogen) atoms. The molecule has 0 atom stereocenters. The molecule has 3 N–H and O–H groups in total. The van der Waals surface area contributed by atoms with Gasteiger partial charge in [0, 0.05) is 18.0 Å². The molecule has 0 unspecified atom stereocenters. The minimum Gasteiger partial charge on any atom is -0.573 e. The molecular formula is C12H13N3O2S. The number of hydrogen-bond acceptors (Lipinski definition) is 3. The Balaban J connectivity index is 2.28. The number of pyridine rings is 1. The van der Waals surface area contributed by atoms with Gasteiger partial charge in [-0.15, -0.1) is 5.69 Å². The van der Waals surface area contributed by atoms with Gasteiger partial charge >= 0.3 is 0 Å². The van der Waals surface area contributed by atoms with Gasteiger partial charge in [0.15, 0.2) is 0 Å². The van der Waals surface area contributed by atoms with Gasteiger partial charge in [-0.2, -0.15) is 0 Å². The van der Waals surface area contributed by atoms with Gasteiger partial charge in [-0.25, -0.2) is 8.42 Å². The molecule has 94 valence electrons. The van der Waals surface area contributed by atoms with Crippen LogP contribution in [0.2, 0.25) is 0 Å². The third-order valence-corrected chi connectivity index (χ3v) is 3.65. The maximum atomic E-state index is 12.0. The Hall–Kier alpha value is -1.92. The van der Waals surface area contributed by atoms with Crippen molar-refractivity contribution in [1.82, 2.24) is 4.98 Å². The highest BCUT2D eigenvalue weighted by Crippen LogP contribution is 2.27. The molecule has 2 aromatic rings. The van der Waals surface area contributed by atoms with E-state index in [1.165, 1.54) is 18.5 Å². The molecule has 0 spiro atoms. The summed E-state index contributed by atoms with van der Waals surface area (Å²) in [5, 5.41) is 0. The van der Waals surface area contributed by atoms with E-state index in [4.69, 9.17) is 0 Å². The fourth-order valence-electron chi connectivity index (χ4n) is 1.46. The fourth-order valence-corrected chi connectivity index (χ4v) is 2.40. The largest absolute Gasteiger partial charge is 0.573 e. The van der Waals surface area contributed by atoms with Gasteiger partial charge in [-0.05, 0) is 12.1 Å². The monoisotopic (exact) mass is 263 g/mol. The first kappa shape index (κ1) is 12.5. The first-order chi connectivity index (χ1) is 8.62. The summed E-state index contributed by atoms with van der Waals surface area (Å²) in [6.45, 7) is 0.594. The predicted octanol–water partition coefficient (Wildman–Crippen LogP) is 1.22. The van der Waals surface area contributed by atoms with Crippen molar-refractivity contribution < 1.29 is 14.2 Å². The van der Waals surface area contributed by atoms with Crippen LogP contribution in [0.5, 0.6) is 0 Å². The molecule has 0 bridgehead atoms. The highest BCUT2D eigenvalue weighted by Gasteiger charge is 2.04. The Morgan fingerprint density at radius 2 is 2.06 bits per heavy atom. The maximum Gasteiger partial charge on any atom is 0.124 e. The van der Waals surface area contributed by atoms with E-state index in [0.29, 0.717) is 12.2 Å². The highest BCUT2D eigenvalue weighted by atomic mass is 32.2. The Kier molecular flexibility index (Phi) is 3.59. The Morgan fingerprint density at radius 1 is 1.22 bits per heavy atom. The summed E-state index contributed by atoms with van der Waals surface area (Å²) < 4.78 is 27.7. The first-order valence-corrected chi connectivity index (χ1v) is 6.82. The van der Waals surface area contributed by atoms with E-state index in [-0.39, 0.29) is 4.90 Å². The Bertz CT molecular complexity index is 627. The highest BCUT2D eigenvalue weighted by molar-refractivity contribution is 7.94. The van der Waals surface area contributed by atoms with E-state index in [9.17, 15) is 8.42 Å². The molecule has 2 rings (SSSR count). The zero-order chi connectivity index (χ0) is 13.0. The molecule has 0 amide bonds. The minimum atomic E-state index is -3.70. The quantitative estimate of drug-likeness (QED) is 0.899. The van der Waals surface area contributed by atoms with Gasteiger partial charge in [0.1, 0.15) is 10.0 Å². The predicted molar refractivity (Wildman–Crippen MR) is 67.5 cm³/mol. The Morgan fingerprint density at radius 3 is 2.72 bits per heavy atom. The number of quaternary nitrogens is 1. The number of nitrogens with zero attached hydrogens (tertiary/aromatic N) is 2. The zero-order valence-electron chi connectivity index (χ0n) is 9.65. The van der Waals surface area contributed by atoms with Crippen molar-refractivity contribution >= 4 is 15.7 Å². The minimum absolute atomic E-state index is 0.0880. The van der Waals surface area contributed by atoms with Gasteiger partial charge < -0.3 is 10.5 Å². The lowest BCUT2D eigenvalue weighted by Crippen LogP contribution is -2.47. The second-order valence-corrected chi connectivity index (χ2v) is 5.28. The molecule has 5 nitrogen and oxygen atoms in total. The van der Waals surface area contributed by atoms with E-state index in [1.54, 1.807) is 24.3 Å². The standard InChI is InChI=1S/C12H12N3O2S/c13-8-10-3-1-4-11(7-10)15-18(16,17)12-5-2-6-14-9-12/h1-7,9H,8,13H2/q-1/p+1. The topological polar surface area (TPSA) is 88.8 Å². The second kappa shape index (κ2) is 5.16. The summed E-state index contributed by atoms with van der Waals surface area (Å²) in [4.78, 5) is 3.87. The molecule has 1 aromatic carbocycles. The van der Waals surface area contributed by atoms with Crippen LogP contribution in [-0.2, 0) is 16.6 Å². The third kappa shape index (κ3) is 2.85. The lowest BCUT2D eigenvalue weighted by molar-refractivity contribution is -0.386. The summed E-state index contributed by atoms with van der Waals surface area (Å²) in [5.41, 5.74) is 5.10. The van der Waals surface area contributed by atoms with Crippen molar-refractivity contribution in [2.24, 2.45) is 0 Å². The molecule has 0 fully saturated rings. The van der Waals surface area contributed by atoms with Crippen LogP contribution in [0.4, 0.5) is 5.69 Å². The smallest absolute Gasteiger partial charge is 0.124 e. The number of sulfonamides is 1. The van der Waals surface area contributed by atoms with Crippen molar-refractivity contribution in [2.75, 3.05) is 0 Å². The normalized spacial score (nSPS) is 11.2. The van der Waals surface area contributed by atoms with Crippen LogP contribution in [0.25, 0.3) is 4.72 Å². The van der Waals surface area contributed by atoms with Crippen LogP contribution >= 0.6 is 0 Å². The van der Waals surface area contributed by atoms with Crippen molar-refractivity contribution in [2.45, 2.75) is 11.4 Å². The molecule has 0 saturated heterocycles. The van der Waals surface area contributed by atoms with Crippen LogP contribution in [0.1, 0.15) is 5.56 Å². The molecule has 0 aliphatic heterocycles. The van der Waals surface area contributed by atoms with Crippen molar-refractivity contribution in [3.8, 4) is 0 Å². The zero-order valence-corrected chi connectivity index (χ0v) is 10.5.